The second kappa shape index (κ2) is 8.19. The van der Waals surface area contributed by atoms with Gasteiger partial charge in [-0.2, -0.15) is 5.26 Å². The topological polar surface area (TPSA) is 76.4 Å². The number of carbonyl (C=O) groups excluding carboxylic acids is 1. The third kappa shape index (κ3) is 3.51. The normalized spacial score (nSPS) is 21.3. The number of nitrogens with zero attached hydrogens (tertiary/aromatic N) is 2. The van der Waals surface area contributed by atoms with Gasteiger partial charge in [0.05, 0.1) is 18.7 Å². The summed E-state index contributed by atoms with van der Waals surface area (Å²) in [5.41, 5.74) is 2.57. The van der Waals surface area contributed by atoms with Crippen LogP contribution in [0.25, 0.3) is 11.1 Å². The van der Waals surface area contributed by atoms with Gasteiger partial charge >= 0.3 is 6.03 Å². The zero-order valence-corrected chi connectivity index (χ0v) is 15.1. The van der Waals surface area contributed by atoms with E-state index in [1.165, 1.54) is 17.0 Å². The molecule has 1 aliphatic heterocycles. The molecule has 2 aromatic carbocycles. The van der Waals surface area contributed by atoms with Crippen molar-refractivity contribution in [2.24, 2.45) is 0 Å². The minimum atomic E-state index is -0.666. The van der Waals surface area contributed by atoms with Gasteiger partial charge in [-0.1, -0.05) is 43.3 Å². The second-order valence-corrected chi connectivity index (χ2v) is 6.58. The Kier molecular flexibility index (Phi) is 5.72. The van der Waals surface area contributed by atoms with Crippen molar-refractivity contribution in [2.45, 2.75) is 31.3 Å². The molecule has 1 saturated heterocycles. The molecule has 2 aromatic rings. The smallest absolute Gasteiger partial charge is 0.318 e. The maximum absolute atomic E-state index is 13.3. The Balaban J connectivity index is 1.95. The first kappa shape index (κ1) is 18.9. The summed E-state index contributed by atoms with van der Waals surface area (Å²) in [6, 6.07) is 14.4. The summed E-state index contributed by atoms with van der Waals surface area (Å²) in [5, 5.41) is 22.3. The lowest BCUT2D eigenvalue weighted by atomic mass is 9.73. The average Bonchev–Trinajstić information content (AvgIpc) is 2.67. The maximum atomic E-state index is 13.3. The number of carbonyl (C=O) groups is 1. The van der Waals surface area contributed by atoms with Crippen LogP contribution >= 0.6 is 0 Å². The molecular weight excluding hydrogens is 345 g/mol. The lowest BCUT2D eigenvalue weighted by Gasteiger charge is -2.51. The van der Waals surface area contributed by atoms with Gasteiger partial charge in [-0.15, -0.1) is 0 Å². The molecule has 0 unspecified atom stereocenters. The summed E-state index contributed by atoms with van der Waals surface area (Å²) >= 11 is 0. The molecule has 0 saturated carbocycles. The van der Waals surface area contributed by atoms with Gasteiger partial charge in [0.2, 0.25) is 0 Å². The van der Waals surface area contributed by atoms with Crippen molar-refractivity contribution in [1.29, 1.82) is 5.26 Å². The Morgan fingerprint density at radius 2 is 1.96 bits per heavy atom. The molecule has 0 radical (unpaired) electrons. The van der Waals surface area contributed by atoms with Gasteiger partial charge in [0, 0.05) is 12.5 Å². The first-order valence-electron chi connectivity index (χ1n) is 9.03. The molecule has 0 bridgehead atoms. The molecule has 2 N–H and O–H groups in total. The van der Waals surface area contributed by atoms with Crippen molar-refractivity contribution in [2.75, 3.05) is 13.2 Å². The summed E-state index contributed by atoms with van der Waals surface area (Å²) in [5.74, 6) is -0.629. The zero-order chi connectivity index (χ0) is 19.4. The van der Waals surface area contributed by atoms with Gasteiger partial charge in [0.1, 0.15) is 11.9 Å². The molecule has 5 nitrogen and oxygen atoms in total. The molecule has 0 aliphatic carbocycles. The number of benzene rings is 2. The number of hydrogen-bond donors (Lipinski definition) is 2. The highest BCUT2D eigenvalue weighted by atomic mass is 19.1. The van der Waals surface area contributed by atoms with E-state index in [1.54, 1.807) is 12.1 Å². The highest BCUT2D eigenvalue weighted by Crippen LogP contribution is 2.43. The van der Waals surface area contributed by atoms with Crippen LogP contribution in [0.1, 0.15) is 24.8 Å². The van der Waals surface area contributed by atoms with Gasteiger partial charge in [-0.25, -0.2) is 9.18 Å². The van der Waals surface area contributed by atoms with Crippen LogP contribution in [0.3, 0.4) is 0 Å². The summed E-state index contributed by atoms with van der Waals surface area (Å²) in [4.78, 5) is 13.8. The van der Waals surface area contributed by atoms with Crippen LogP contribution in [-0.4, -0.2) is 41.3 Å². The van der Waals surface area contributed by atoms with E-state index in [9.17, 15) is 19.6 Å². The molecular formula is C21H22FN3O2. The number of nitrogens with one attached hydrogen (secondary N) is 1. The molecule has 140 valence electrons. The van der Waals surface area contributed by atoms with Crippen LogP contribution in [0.2, 0.25) is 0 Å². The predicted molar refractivity (Wildman–Crippen MR) is 100 cm³/mol. The first-order valence-corrected chi connectivity index (χ1v) is 9.03. The lowest BCUT2D eigenvalue weighted by molar-refractivity contribution is 0.0171. The van der Waals surface area contributed by atoms with Crippen molar-refractivity contribution in [3.05, 3.63) is 59.9 Å². The minimum absolute atomic E-state index is 0.236. The van der Waals surface area contributed by atoms with Crippen LogP contribution in [0.5, 0.6) is 0 Å². The van der Waals surface area contributed by atoms with E-state index >= 15 is 0 Å². The van der Waals surface area contributed by atoms with Gasteiger partial charge < -0.3 is 15.3 Å². The van der Waals surface area contributed by atoms with Crippen LogP contribution in [0.4, 0.5) is 9.18 Å². The van der Waals surface area contributed by atoms with Gasteiger partial charge in [0.25, 0.3) is 0 Å². The number of halogens is 1. The Hall–Kier alpha value is -2.91. The van der Waals surface area contributed by atoms with Crippen molar-refractivity contribution in [3.63, 3.8) is 0 Å². The number of amides is 2. The summed E-state index contributed by atoms with van der Waals surface area (Å²) in [7, 11) is 0. The molecule has 1 fully saturated rings. The first-order chi connectivity index (χ1) is 13.1. The Bertz CT molecular complexity index is 847. The highest BCUT2D eigenvalue weighted by Gasteiger charge is 2.52. The second-order valence-electron chi connectivity index (χ2n) is 6.58. The van der Waals surface area contributed by atoms with Crippen molar-refractivity contribution in [1.82, 2.24) is 10.2 Å². The Morgan fingerprint density at radius 3 is 2.59 bits per heavy atom. The monoisotopic (exact) mass is 367 g/mol. The fraction of sp³-hybridized carbons (Fsp3) is 0.333. The van der Waals surface area contributed by atoms with E-state index in [1.807, 2.05) is 31.2 Å². The molecule has 2 amide bonds. The van der Waals surface area contributed by atoms with E-state index < -0.39 is 12.1 Å². The molecule has 0 aromatic heterocycles. The fourth-order valence-corrected chi connectivity index (χ4v) is 3.66. The van der Waals surface area contributed by atoms with E-state index in [0.717, 1.165) is 23.1 Å². The van der Waals surface area contributed by atoms with Crippen LogP contribution in [-0.2, 0) is 0 Å². The Morgan fingerprint density at radius 1 is 1.26 bits per heavy atom. The largest absolute Gasteiger partial charge is 0.394 e. The summed E-state index contributed by atoms with van der Waals surface area (Å²) < 4.78 is 13.3. The van der Waals surface area contributed by atoms with Crippen LogP contribution in [0, 0.1) is 17.1 Å². The van der Waals surface area contributed by atoms with Crippen LogP contribution < -0.4 is 5.32 Å². The number of hydrogen-bond acceptors (Lipinski definition) is 3. The standard InChI is InChI=1S/C21H22FN3O2/c1-2-11-24-21(27)25-18(12-23)20(19(25)13-26)17-6-4-3-5-16(17)14-7-9-15(22)10-8-14/h3-10,18-20,26H,2,11,13H2,1H3,(H,24,27)/t18-,19+,20-/m1/s1. The van der Waals surface area contributed by atoms with Crippen LogP contribution in [0.15, 0.2) is 48.5 Å². The lowest BCUT2D eigenvalue weighted by Crippen LogP contribution is -2.67. The van der Waals surface area contributed by atoms with Crippen molar-refractivity contribution in [3.8, 4) is 17.2 Å². The number of urea groups is 1. The number of aliphatic hydroxyl groups is 1. The minimum Gasteiger partial charge on any atom is -0.394 e. The van der Waals surface area contributed by atoms with Crippen molar-refractivity contribution < 1.29 is 14.3 Å². The fourth-order valence-electron chi connectivity index (χ4n) is 3.66. The Labute approximate surface area is 158 Å². The molecule has 1 heterocycles. The predicted octanol–water partition coefficient (Wildman–Crippen LogP) is 3.26. The number of aliphatic hydroxyl groups excluding tert-OH is 1. The molecule has 3 atom stereocenters. The molecule has 0 spiro atoms. The maximum Gasteiger partial charge on any atom is 0.318 e. The zero-order valence-electron chi connectivity index (χ0n) is 15.1. The van der Waals surface area contributed by atoms with E-state index in [-0.39, 0.29) is 24.4 Å². The van der Waals surface area contributed by atoms with Gasteiger partial charge in [0.15, 0.2) is 0 Å². The SMILES string of the molecule is CCCNC(=O)N1[C@H](C#N)[C@@H](c2ccccc2-c2ccc(F)cc2)[C@@H]1CO. The number of nitriles is 1. The number of likely N-dealkylation sites (tertiary alicyclic amines) is 1. The van der Waals surface area contributed by atoms with E-state index in [0.29, 0.717) is 6.54 Å². The third-order valence-corrected chi connectivity index (χ3v) is 4.97. The molecule has 3 rings (SSSR count). The molecule has 27 heavy (non-hydrogen) atoms. The van der Waals surface area contributed by atoms with Gasteiger partial charge in [-0.05, 0) is 35.2 Å². The van der Waals surface area contributed by atoms with Gasteiger partial charge in [-0.3, -0.25) is 0 Å². The quantitative estimate of drug-likeness (QED) is 0.852. The molecule has 1 aliphatic rings. The molecule has 6 heteroatoms. The summed E-state index contributed by atoms with van der Waals surface area (Å²) in [6.07, 6.45) is 0.789. The van der Waals surface area contributed by atoms with E-state index in [2.05, 4.69) is 11.4 Å². The van der Waals surface area contributed by atoms with E-state index in [4.69, 9.17) is 0 Å². The average molecular weight is 367 g/mol. The third-order valence-electron chi connectivity index (χ3n) is 4.97. The highest BCUT2D eigenvalue weighted by molar-refractivity contribution is 5.78. The number of rotatable bonds is 5. The van der Waals surface area contributed by atoms with Crippen molar-refractivity contribution >= 4 is 6.03 Å². The summed E-state index contributed by atoms with van der Waals surface area (Å²) in [6.45, 7) is 2.23.